The molecule has 0 N–H and O–H groups in total. The van der Waals surface area contributed by atoms with Crippen molar-refractivity contribution in [3.05, 3.63) is 53.6 Å². The molecule has 0 aliphatic rings. The summed E-state index contributed by atoms with van der Waals surface area (Å²) in [5, 5.41) is 0.618. The van der Waals surface area contributed by atoms with E-state index in [2.05, 4.69) is 17.0 Å². The van der Waals surface area contributed by atoms with E-state index in [9.17, 15) is 0 Å². The summed E-state index contributed by atoms with van der Waals surface area (Å²) in [6, 6.07) is 15.9. The Labute approximate surface area is 106 Å². The third-order valence-electron chi connectivity index (χ3n) is 2.67. The fourth-order valence-electron chi connectivity index (χ4n) is 1.66. The standard InChI is InChI=1S/C14H14ClNO/c1-16(11-6-4-3-5-7-11)12-8-9-14(17-2)13(15)10-12/h3-10H,1-2H3. The quantitative estimate of drug-likeness (QED) is 0.809. The minimum Gasteiger partial charge on any atom is -0.495 e. The second kappa shape index (κ2) is 5.11. The largest absolute Gasteiger partial charge is 0.495 e. The summed E-state index contributed by atoms with van der Waals surface area (Å²) in [6.45, 7) is 0. The molecule has 17 heavy (non-hydrogen) atoms. The fourth-order valence-corrected chi connectivity index (χ4v) is 1.92. The molecule has 0 amide bonds. The van der Waals surface area contributed by atoms with Gasteiger partial charge in [-0.05, 0) is 30.3 Å². The predicted molar refractivity (Wildman–Crippen MR) is 72.5 cm³/mol. The van der Waals surface area contributed by atoms with Crippen LogP contribution in [0, 0.1) is 0 Å². The molecule has 0 heterocycles. The number of para-hydroxylation sites is 1. The monoisotopic (exact) mass is 247 g/mol. The lowest BCUT2D eigenvalue weighted by atomic mass is 10.2. The summed E-state index contributed by atoms with van der Waals surface area (Å²) >= 11 is 6.11. The van der Waals surface area contributed by atoms with Crippen molar-refractivity contribution in [2.24, 2.45) is 0 Å². The van der Waals surface area contributed by atoms with Gasteiger partial charge in [-0.2, -0.15) is 0 Å². The lowest BCUT2D eigenvalue weighted by Crippen LogP contribution is -2.08. The molecule has 0 aromatic heterocycles. The van der Waals surface area contributed by atoms with Gasteiger partial charge in [0.1, 0.15) is 5.75 Å². The number of hydrogen-bond donors (Lipinski definition) is 0. The first kappa shape index (κ1) is 11.8. The first-order chi connectivity index (χ1) is 8.22. The molecule has 0 atom stereocenters. The molecule has 0 aliphatic carbocycles. The molecule has 0 saturated heterocycles. The van der Waals surface area contributed by atoms with Crippen molar-refractivity contribution >= 4 is 23.0 Å². The average molecular weight is 248 g/mol. The zero-order valence-corrected chi connectivity index (χ0v) is 10.6. The van der Waals surface area contributed by atoms with Crippen LogP contribution in [-0.2, 0) is 0 Å². The summed E-state index contributed by atoms with van der Waals surface area (Å²) in [5.41, 5.74) is 2.15. The number of methoxy groups -OCH3 is 1. The van der Waals surface area contributed by atoms with E-state index in [-0.39, 0.29) is 0 Å². The Hall–Kier alpha value is -1.67. The van der Waals surface area contributed by atoms with E-state index in [1.807, 2.05) is 43.4 Å². The molecule has 88 valence electrons. The highest BCUT2D eigenvalue weighted by molar-refractivity contribution is 6.32. The summed E-state index contributed by atoms with van der Waals surface area (Å²) in [6.07, 6.45) is 0. The second-order valence-electron chi connectivity index (χ2n) is 3.71. The number of nitrogens with zero attached hydrogens (tertiary/aromatic N) is 1. The van der Waals surface area contributed by atoms with Gasteiger partial charge in [-0.25, -0.2) is 0 Å². The lowest BCUT2D eigenvalue weighted by molar-refractivity contribution is 0.415. The van der Waals surface area contributed by atoms with Crippen molar-refractivity contribution in [3.63, 3.8) is 0 Å². The minimum absolute atomic E-state index is 0.618. The van der Waals surface area contributed by atoms with Gasteiger partial charge in [-0.15, -0.1) is 0 Å². The highest BCUT2D eigenvalue weighted by Gasteiger charge is 2.06. The number of ether oxygens (including phenoxy) is 1. The van der Waals surface area contributed by atoms with E-state index in [1.54, 1.807) is 7.11 Å². The zero-order chi connectivity index (χ0) is 12.3. The Morgan fingerprint density at radius 3 is 2.29 bits per heavy atom. The molecule has 0 unspecified atom stereocenters. The Morgan fingerprint density at radius 2 is 1.71 bits per heavy atom. The van der Waals surface area contributed by atoms with Crippen molar-refractivity contribution in [1.82, 2.24) is 0 Å². The van der Waals surface area contributed by atoms with Crippen LogP contribution < -0.4 is 9.64 Å². The Kier molecular flexibility index (Phi) is 3.55. The maximum atomic E-state index is 6.11. The van der Waals surface area contributed by atoms with Gasteiger partial charge in [0, 0.05) is 18.4 Å². The molecular formula is C14H14ClNO. The van der Waals surface area contributed by atoms with E-state index in [0.29, 0.717) is 10.8 Å². The van der Waals surface area contributed by atoms with Crippen molar-refractivity contribution in [2.45, 2.75) is 0 Å². The van der Waals surface area contributed by atoms with Crippen LogP contribution in [0.4, 0.5) is 11.4 Å². The predicted octanol–water partition coefficient (Wildman–Crippen LogP) is 4.12. The molecule has 2 rings (SSSR count). The van der Waals surface area contributed by atoms with Crippen molar-refractivity contribution in [3.8, 4) is 5.75 Å². The molecule has 3 heteroatoms. The molecule has 2 aromatic rings. The normalized spacial score (nSPS) is 10.1. The smallest absolute Gasteiger partial charge is 0.137 e. The minimum atomic E-state index is 0.618. The molecule has 2 nitrogen and oxygen atoms in total. The van der Waals surface area contributed by atoms with Gasteiger partial charge in [0.15, 0.2) is 0 Å². The Morgan fingerprint density at radius 1 is 1.00 bits per heavy atom. The van der Waals surface area contributed by atoms with Gasteiger partial charge in [0.25, 0.3) is 0 Å². The number of anilines is 2. The van der Waals surface area contributed by atoms with Crippen molar-refractivity contribution in [2.75, 3.05) is 19.1 Å². The summed E-state index contributed by atoms with van der Waals surface area (Å²) in [7, 11) is 3.62. The molecule has 0 radical (unpaired) electrons. The summed E-state index contributed by atoms with van der Waals surface area (Å²) < 4.78 is 5.13. The highest BCUT2D eigenvalue weighted by Crippen LogP contribution is 2.31. The van der Waals surface area contributed by atoms with Gasteiger partial charge < -0.3 is 9.64 Å². The van der Waals surface area contributed by atoms with Gasteiger partial charge in [0.2, 0.25) is 0 Å². The fraction of sp³-hybridized carbons (Fsp3) is 0.143. The van der Waals surface area contributed by atoms with Crippen LogP contribution in [-0.4, -0.2) is 14.2 Å². The molecule has 0 aliphatic heterocycles. The Balaban J connectivity index is 2.32. The van der Waals surface area contributed by atoms with Crippen LogP contribution in [0.5, 0.6) is 5.75 Å². The first-order valence-electron chi connectivity index (χ1n) is 5.34. The lowest BCUT2D eigenvalue weighted by Gasteiger charge is -2.20. The van der Waals surface area contributed by atoms with Crippen LogP contribution in [0.3, 0.4) is 0 Å². The molecule has 2 aromatic carbocycles. The van der Waals surface area contributed by atoms with E-state index in [0.717, 1.165) is 11.4 Å². The molecule has 0 spiro atoms. The maximum absolute atomic E-state index is 6.11. The second-order valence-corrected chi connectivity index (χ2v) is 4.12. The van der Waals surface area contributed by atoms with Gasteiger partial charge >= 0.3 is 0 Å². The van der Waals surface area contributed by atoms with Crippen LogP contribution >= 0.6 is 11.6 Å². The van der Waals surface area contributed by atoms with Gasteiger partial charge in [-0.3, -0.25) is 0 Å². The third-order valence-corrected chi connectivity index (χ3v) is 2.96. The SMILES string of the molecule is COc1ccc(N(C)c2ccccc2)cc1Cl. The highest BCUT2D eigenvalue weighted by atomic mass is 35.5. The van der Waals surface area contributed by atoms with Crippen LogP contribution in [0.1, 0.15) is 0 Å². The van der Waals surface area contributed by atoms with Gasteiger partial charge in [0.05, 0.1) is 12.1 Å². The average Bonchev–Trinajstić information content (AvgIpc) is 2.39. The van der Waals surface area contributed by atoms with E-state index in [4.69, 9.17) is 16.3 Å². The molecular weight excluding hydrogens is 234 g/mol. The van der Waals surface area contributed by atoms with E-state index in [1.165, 1.54) is 0 Å². The molecule has 0 bridgehead atoms. The number of benzene rings is 2. The molecule has 0 fully saturated rings. The number of halogens is 1. The van der Waals surface area contributed by atoms with Crippen LogP contribution in [0.2, 0.25) is 5.02 Å². The zero-order valence-electron chi connectivity index (χ0n) is 9.85. The topological polar surface area (TPSA) is 12.5 Å². The van der Waals surface area contributed by atoms with Crippen LogP contribution in [0.25, 0.3) is 0 Å². The van der Waals surface area contributed by atoms with E-state index >= 15 is 0 Å². The Bertz CT molecular complexity index is 499. The first-order valence-corrected chi connectivity index (χ1v) is 5.72. The molecule has 0 saturated carbocycles. The maximum Gasteiger partial charge on any atom is 0.137 e. The van der Waals surface area contributed by atoms with E-state index < -0.39 is 0 Å². The van der Waals surface area contributed by atoms with Crippen molar-refractivity contribution in [1.29, 1.82) is 0 Å². The van der Waals surface area contributed by atoms with Crippen molar-refractivity contribution < 1.29 is 4.74 Å². The summed E-state index contributed by atoms with van der Waals surface area (Å²) in [5.74, 6) is 0.692. The van der Waals surface area contributed by atoms with Crippen LogP contribution in [0.15, 0.2) is 48.5 Å². The summed E-state index contributed by atoms with van der Waals surface area (Å²) in [4.78, 5) is 2.07. The third kappa shape index (κ3) is 2.53. The van der Waals surface area contributed by atoms with Gasteiger partial charge in [-0.1, -0.05) is 29.8 Å². The number of hydrogen-bond acceptors (Lipinski definition) is 2. The number of rotatable bonds is 3.